The van der Waals surface area contributed by atoms with Crippen LogP contribution in [0.5, 0.6) is 0 Å². The van der Waals surface area contributed by atoms with E-state index in [1.54, 1.807) is 0 Å². The summed E-state index contributed by atoms with van der Waals surface area (Å²) in [7, 11) is 0. The number of hydrogen-bond donors (Lipinski definition) is 1. The van der Waals surface area contributed by atoms with E-state index in [-0.39, 0.29) is 31.6 Å². The molecule has 0 amide bonds. The summed E-state index contributed by atoms with van der Waals surface area (Å²) in [5, 5.41) is 8.36. The van der Waals surface area contributed by atoms with E-state index in [1.165, 1.54) is 36.6 Å². The SMILES string of the molecule is CC(=O)/C=C(/C)O.[Ir].[c-]1ccc(-c2ccccc2)cc1-c1nccn1-c1ccccc1-c1ccccc1. The van der Waals surface area contributed by atoms with E-state index in [1.807, 2.05) is 30.6 Å². The number of ketones is 1. The number of carbonyl (C=O) groups is 1. The Labute approximate surface area is 231 Å². The van der Waals surface area contributed by atoms with Gasteiger partial charge in [0, 0.05) is 49.8 Å². The van der Waals surface area contributed by atoms with Crippen LogP contribution in [0, 0.1) is 6.07 Å². The van der Waals surface area contributed by atoms with Crippen LogP contribution in [0.25, 0.3) is 39.3 Å². The molecular weight excluding hydrogens is 637 g/mol. The van der Waals surface area contributed by atoms with Crippen molar-refractivity contribution in [1.82, 2.24) is 9.55 Å². The number of rotatable bonds is 5. The fraction of sp³-hybridized carbons (Fsp3) is 0.0625. The minimum absolute atomic E-state index is 0. The first-order chi connectivity index (χ1) is 17.5. The number of carbonyl (C=O) groups excluding carboxylic acids is 1. The maximum absolute atomic E-state index is 10.0. The molecule has 0 aliphatic heterocycles. The van der Waals surface area contributed by atoms with Crippen LogP contribution in [0.3, 0.4) is 0 Å². The van der Waals surface area contributed by atoms with Crippen LogP contribution in [0.1, 0.15) is 13.8 Å². The Balaban J connectivity index is 0.000000422. The molecule has 37 heavy (non-hydrogen) atoms. The fourth-order valence-electron chi connectivity index (χ4n) is 3.94. The molecule has 0 bridgehead atoms. The zero-order valence-electron chi connectivity index (χ0n) is 20.6. The van der Waals surface area contributed by atoms with Gasteiger partial charge in [-0.15, -0.1) is 35.4 Å². The van der Waals surface area contributed by atoms with Crippen LogP contribution in [0.4, 0.5) is 0 Å². The van der Waals surface area contributed by atoms with E-state index in [0.29, 0.717) is 0 Å². The van der Waals surface area contributed by atoms with Crippen molar-refractivity contribution in [3.63, 3.8) is 0 Å². The van der Waals surface area contributed by atoms with Crippen molar-refractivity contribution >= 4 is 5.78 Å². The average Bonchev–Trinajstić information content (AvgIpc) is 3.39. The monoisotopic (exact) mass is 664 g/mol. The van der Waals surface area contributed by atoms with Crippen molar-refractivity contribution in [2.24, 2.45) is 0 Å². The number of aliphatic hydroxyl groups is 1. The molecule has 5 aromatic rings. The zero-order valence-corrected chi connectivity index (χ0v) is 23.0. The number of hydrogen-bond acceptors (Lipinski definition) is 3. The van der Waals surface area contributed by atoms with Gasteiger partial charge in [-0.25, -0.2) is 0 Å². The first kappa shape index (κ1) is 27.5. The van der Waals surface area contributed by atoms with Crippen molar-refractivity contribution in [3.8, 4) is 39.3 Å². The van der Waals surface area contributed by atoms with Crippen LogP contribution >= 0.6 is 0 Å². The van der Waals surface area contributed by atoms with Gasteiger partial charge in [-0.3, -0.25) is 9.78 Å². The van der Waals surface area contributed by atoms with E-state index in [0.717, 1.165) is 22.6 Å². The molecule has 0 saturated carbocycles. The molecule has 0 saturated heterocycles. The third-order valence-electron chi connectivity index (χ3n) is 5.45. The molecule has 1 heterocycles. The van der Waals surface area contributed by atoms with Crippen LogP contribution in [-0.4, -0.2) is 20.4 Å². The Kier molecular flexibility index (Phi) is 9.91. The summed E-state index contributed by atoms with van der Waals surface area (Å²) >= 11 is 0. The van der Waals surface area contributed by atoms with Gasteiger partial charge in [0.25, 0.3) is 0 Å². The van der Waals surface area contributed by atoms with Gasteiger partial charge in [0.05, 0.1) is 11.6 Å². The molecule has 0 aliphatic carbocycles. The predicted octanol–water partition coefficient (Wildman–Crippen LogP) is 7.71. The van der Waals surface area contributed by atoms with E-state index in [4.69, 9.17) is 5.11 Å². The molecule has 0 atom stereocenters. The fourth-order valence-corrected chi connectivity index (χ4v) is 3.94. The summed E-state index contributed by atoms with van der Waals surface area (Å²) in [5.74, 6) is 0.818. The third-order valence-corrected chi connectivity index (χ3v) is 5.45. The minimum Gasteiger partial charge on any atom is -0.512 e. The number of aromatic nitrogens is 2. The number of imidazole rings is 1. The summed E-state index contributed by atoms with van der Waals surface area (Å²) in [6, 6.07) is 38.8. The molecule has 1 radical (unpaired) electrons. The average molecular weight is 664 g/mol. The normalized spacial score (nSPS) is 10.6. The van der Waals surface area contributed by atoms with E-state index in [9.17, 15) is 4.79 Å². The summed E-state index contributed by atoms with van der Waals surface area (Å²) in [5.41, 5.74) is 6.77. The van der Waals surface area contributed by atoms with Gasteiger partial charge in [-0.1, -0.05) is 78.9 Å². The van der Waals surface area contributed by atoms with Gasteiger partial charge >= 0.3 is 0 Å². The Morgan fingerprint density at radius 1 is 0.838 bits per heavy atom. The molecular formula is C32H27IrN2O2-. The maximum atomic E-state index is 10.0. The smallest absolute Gasteiger partial charge is 0.155 e. The zero-order chi connectivity index (χ0) is 25.3. The van der Waals surface area contributed by atoms with Gasteiger partial charge in [0.1, 0.15) is 0 Å². The van der Waals surface area contributed by atoms with Crippen molar-refractivity contribution in [3.05, 3.63) is 133 Å². The number of aliphatic hydroxyl groups excluding tert-OH is 1. The second-order valence-corrected chi connectivity index (χ2v) is 8.26. The van der Waals surface area contributed by atoms with Crippen LogP contribution in [-0.2, 0) is 24.9 Å². The second-order valence-electron chi connectivity index (χ2n) is 8.26. The largest absolute Gasteiger partial charge is 0.512 e. The molecule has 0 fully saturated rings. The van der Waals surface area contributed by atoms with Crippen molar-refractivity contribution in [2.45, 2.75) is 13.8 Å². The van der Waals surface area contributed by atoms with Crippen LogP contribution in [0.2, 0.25) is 0 Å². The van der Waals surface area contributed by atoms with Crippen molar-refractivity contribution < 1.29 is 30.0 Å². The number of allylic oxidation sites excluding steroid dienone is 2. The van der Waals surface area contributed by atoms with Crippen molar-refractivity contribution in [2.75, 3.05) is 0 Å². The Morgan fingerprint density at radius 3 is 2.08 bits per heavy atom. The van der Waals surface area contributed by atoms with E-state index >= 15 is 0 Å². The molecule has 1 N–H and O–H groups in total. The van der Waals surface area contributed by atoms with Crippen LogP contribution in [0.15, 0.2) is 127 Å². The van der Waals surface area contributed by atoms with Crippen LogP contribution < -0.4 is 0 Å². The molecule has 0 spiro atoms. The number of para-hydroxylation sites is 1. The molecule has 5 rings (SSSR count). The summed E-state index contributed by atoms with van der Waals surface area (Å²) in [6.07, 6.45) is 5.03. The van der Waals surface area contributed by atoms with E-state index in [2.05, 4.69) is 101 Å². The number of benzene rings is 4. The predicted molar refractivity (Wildman–Crippen MR) is 146 cm³/mol. The summed E-state index contributed by atoms with van der Waals surface area (Å²) < 4.78 is 2.14. The first-order valence-corrected chi connectivity index (χ1v) is 11.7. The van der Waals surface area contributed by atoms with E-state index < -0.39 is 0 Å². The van der Waals surface area contributed by atoms with Gasteiger partial charge < -0.3 is 9.67 Å². The maximum Gasteiger partial charge on any atom is 0.155 e. The molecule has 1 aromatic heterocycles. The first-order valence-electron chi connectivity index (χ1n) is 11.7. The van der Waals surface area contributed by atoms with Gasteiger partial charge in [-0.2, -0.15) is 0 Å². The summed E-state index contributed by atoms with van der Waals surface area (Å²) in [4.78, 5) is 14.7. The third kappa shape index (κ3) is 7.23. The molecule has 4 nitrogen and oxygen atoms in total. The quantitative estimate of drug-likeness (QED) is 0.119. The van der Waals surface area contributed by atoms with Gasteiger partial charge in [0.2, 0.25) is 0 Å². The Morgan fingerprint density at radius 2 is 1.46 bits per heavy atom. The molecule has 187 valence electrons. The van der Waals surface area contributed by atoms with Crippen molar-refractivity contribution in [1.29, 1.82) is 0 Å². The Hall–Kier alpha value is -4.05. The minimum atomic E-state index is -0.125. The molecule has 0 unspecified atom stereocenters. The molecule has 0 aliphatic rings. The topological polar surface area (TPSA) is 55.1 Å². The number of nitrogens with zero attached hydrogens (tertiary/aromatic N) is 2. The second kappa shape index (κ2) is 13.3. The standard InChI is InChI=1S/C27H19N2.C5H8O2.Ir/c1-3-10-21(11-4-1)23-14-9-15-24(20-23)27-28-18-19-29(27)26-17-8-7-16-25(26)22-12-5-2-6-13-22;1-4(6)3-5(2)7;/h1-14,16-20H;3,6H,1-2H3;/q-1;;/b;4-3-;. The Bertz CT molecular complexity index is 1470. The van der Waals surface area contributed by atoms with Gasteiger partial charge in [0.15, 0.2) is 5.78 Å². The van der Waals surface area contributed by atoms with Gasteiger partial charge in [-0.05, 0) is 31.0 Å². The molecule has 5 heteroatoms. The molecule has 4 aromatic carbocycles. The summed E-state index contributed by atoms with van der Waals surface area (Å²) in [6.45, 7) is 2.85.